The van der Waals surface area contributed by atoms with Crippen LogP contribution in [0.2, 0.25) is 0 Å². The second-order valence-corrected chi connectivity index (χ2v) is 9.18. The third kappa shape index (κ3) is 2.67. The lowest BCUT2D eigenvalue weighted by Crippen LogP contribution is -2.52. The molecule has 5 rings (SSSR count). The zero-order valence-corrected chi connectivity index (χ0v) is 15.4. The first-order chi connectivity index (χ1) is 12.6. The van der Waals surface area contributed by atoms with Gasteiger partial charge in [-0.2, -0.15) is 0 Å². The number of likely N-dealkylation sites (tertiary alicyclic amines) is 2. The fraction of sp³-hybridized carbons (Fsp3) is 0.714. The van der Waals surface area contributed by atoms with E-state index in [0.717, 1.165) is 50.9 Å². The zero-order chi connectivity index (χ0) is 17.8. The molecule has 2 spiro atoms. The van der Waals surface area contributed by atoms with Crippen molar-refractivity contribution in [2.45, 2.75) is 57.9 Å². The fourth-order valence-electron chi connectivity index (χ4n) is 5.56. The van der Waals surface area contributed by atoms with Gasteiger partial charge in [0.05, 0.1) is 12.5 Å². The summed E-state index contributed by atoms with van der Waals surface area (Å²) in [6, 6.07) is 1.93. The molecule has 2 aliphatic heterocycles. The van der Waals surface area contributed by atoms with E-state index in [1.807, 2.05) is 11.0 Å². The molecule has 2 amide bonds. The fourth-order valence-corrected chi connectivity index (χ4v) is 5.56. The van der Waals surface area contributed by atoms with Crippen molar-refractivity contribution in [2.75, 3.05) is 19.6 Å². The Balaban J connectivity index is 1.20. The van der Waals surface area contributed by atoms with E-state index in [9.17, 15) is 9.59 Å². The number of hydrogen-bond donors (Lipinski definition) is 0. The third-order valence-corrected chi connectivity index (χ3v) is 7.67. The maximum Gasteiger partial charge on any atom is 0.226 e. The largest absolute Gasteiger partial charge is 0.472 e. The summed E-state index contributed by atoms with van der Waals surface area (Å²) in [6.45, 7) is 3.22. The zero-order valence-electron chi connectivity index (χ0n) is 15.4. The molecule has 1 aromatic rings. The molecule has 4 aliphatic rings. The van der Waals surface area contributed by atoms with Crippen LogP contribution in [0.4, 0.5) is 0 Å². The van der Waals surface area contributed by atoms with E-state index in [-0.39, 0.29) is 11.3 Å². The number of hydrogen-bond acceptors (Lipinski definition) is 3. The van der Waals surface area contributed by atoms with E-state index >= 15 is 0 Å². The van der Waals surface area contributed by atoms with Gasteiger partial charge in [0, 0.05) is 44.1 Å². The first kappa shape index (κ1) is 16.4. The molecule has 0 N–H and O–H groups in total. The van der Waals surface area contributed by atoms with E-state index in [0.29, 0.717) is 30.2 Å². The molecule has 2 aliphatic carbocycles. The molecule has 4 fully saturated rings. The van der Waals surface area contributed by atoms with Crippen LogP contribution in [0.3, 0.4) is 0 Å². The number of carbonyl (C=O) groups excluding carboxylic acids is 2. The van der Waals surface area contributed by atoms with Gasteiger partial charge in [-0.25, -0.2) is 0 Å². The van der Waals surface area contributed by atoms with Gasteiger partial charge < -0.3 is 14.2 Å². The molecule has 5 heteroatoms. The van der Waals surface area contributed by atoms with Crippen LogP contribution in [0, 0.1) is 16.7 Å². The van der Waals surface area contributed by atoms with E-state index in [1.54, 1.807) is 12.5 Å². The molecule has 140 valence electrons. The van der Waals surface area contributed by atoms with Gasteiger partial charge in [-0.1, -0.05) is 6.42 Å². The molecule has 0 aromatic carbocycles. The van der Waals surface area contributed by atoms with E-state index in [4.69, 9.17) is 4.42 Å². The predicted octanol–water partition coefficient (Wildman–Crippen LogP) is 3.20. The Hall–Kier alpha value is -1.78. The third-order valence-electron chi connectivity index (χ3n) is 7.67. The molecule has 1 unspecified atom stereocenters. The van der Waals surface area contributed by atoms with Gasteiger partial charge in [-0.05, 0) is 55.4 Å². The van der Waals surface area contributed by atoms with Crippen LogP contribution < -0.4 is 0 Å². The van der Waals surface area contributed by atoms with Gasteiger partial charge in [-0.3, -0.25) is 9.59 Å². The van der Waals surface area contributed by atoms with Crippen LogP contribution in [-0.4, -0.2) is 41.2 Å². The van der Waals surface area contributed by atoms with Crippen LogP contribution in [-0.2, 0) is 16.1 Å². The summed E-state index contributed by atoms with van der Waals surface area (Å²) in [5.41, 5.74) is 1.68. The molecule has 2 saturated heterocycles. The summed E-state index contributed by atoms with van der Waals surface area (Å²) in [5.74, 6) is 0.998. The molecule has 1 atom stereocenters. The van der Waals surface area contributed by atoms with Gasteiger partial charge in [-0.15, -0.1) is 0 Å². The van der Waals surface area contributed by atoms with Crippen molar-refractivity contribution < 1.29 is 14.0 Å². The highest BCUT2D eigenvalue weighted by molar-refractivity contribution is 5.83. The highest BCUT2D eigenvalue weighted by Gasteiger charge is 2.61. The number of furan rings is 1. The summed E-state index contributed by atoms with van der Waals surface area (Å²) < 4.78 is 5.15. The molecular formula is C21H28N2O3. The Morgan fingerprint density at radius 3 is 2.62 bits per heavy atom. The summed E-state index contributed by atoms with van der Waals surface area (Å²) in [7, 11) is 0. The maximum absolute atomic E-state index is 12.8. The standard InChI is InChI=1S/C21H28N2O3/c24-18-2-6-20(15-23(18)13-16-3-11-26-14-16)7-9-22(10-8-20)19(25)17-12-21(17)4-1-5-21/h3,11,14,17H,1-2,4-10,12-13,15H2. The van der Waals surface area contributed by atoms with Crippen molar-refractivity contribution in [2.24, 2.45) is 16.7 Å². The van der Waals surface area contributed by atoms with Gasteiger partial charge in [0.1, 0.15) is 0 Å². The maximum atomic E-state index is 12.8. The second kappa shape index (κ2) is 5.86. The molecule has 0 radical (unpaired) electrons. The Morgan fingerprint density at radius 1 is 1.19 bits per heavy atom. The Kier molecular flexibility index (Phi) is 3.70. The number of amides is 2. The van der Waals surface area contributed by atoms with Crippen molar-refractivity contribution in [1.82, 2.24) is 9.80 Å². The van der Waals surface area contributed by atoms with Gasteiger partial charge in [0.2, 0.25) is 11.8 Å². The average Bonchev–Trinajstić information content (AvgIpc) is 3.21. The number of rotatable bonds is 3. The van der Waals surface area contributed by atoms with Gasteiger partial charge in [0.15, 0.2) is 0 Å². The smallest absolute Gasteiger partial charge is 0.226 e. The van der Waals surface area contributed by atoms with E-state index < -0.39 is 0 Å². The summed E-state index contributed by atoms with van der Waals surface area (Å²) in [6.07, 6.45) is 12.1. The molecule has 26 heavy (non-hydrogen) atoms. The summed E-state index contributed by atoms with van der Waals surface area (Å²) in [4.78, 5) is 29.3. The lowest BCUT2D eigenvalue weighted by Gasteiger charge is -2.47. The lowest BCUT2D eigenvalue weighted by atomic mass is 9.72. The van der Waals surface area contributed by atoms with Crippen LogP contribution in [0.1, 0.15) is 56.9 Å². The molecule has 2 saturated carbocycles. The normalized spacial score (nSPS) is 29.1. The first-order valence-corrected chi connectivity index (χ1v) is 10.2. The van der Waals surface area contributed by atoms with Crippen molar-refractivity contribution in [3.05, 3.63) is 24.2 Å². The molecule has 0 bridgehead atoms. The van der Waals surface area contributed by atoms with Crippen LogP contribution in [0.25, 0.3) is 0 Å². The molecule has 5 nitrogen and oxygen atoms in total. The lowest BCUT2D eigenvalue weighted by molar-refractivity contribution is -0.144. The minimum atomic E-state index is 0.201. The summed E-state index contributed by atoms with van der Waals surface area (Å²) in [5, 5.41) is 0. The Labute approximate surface area is 154 Å². The quantitative estimate of drug-likeness (QED) is 0.836. The van der Waals surface area contributed by atoms with Crippen LogP contribution >= 0.6 is 0 Å². The number of piperidine rings is 2. The van der Waals surface area contributed by atoms with Gasteiger partial charge in [0.25, 0.3) is 0 Å². The van der Waals surface area contributed by atoms with Crippen LogP contribution in [0.15, 0.2) is 23.0 Å². The van der Waals surface area contributed by atoms with E-state index in [1.165, 1.54) is 19.3 Å². The topological polar surface area (TPSA) is 53.8 Å². The minimum Gasteiger partial charge on any atom is -0.472 e. The Morgan fingerprint density at radius 2 is 2.00 bits per heavy atom. The monoisotopic (exact) mass is 356 g/mol. The number of nitrogens with zero attached hydrogens (tertiary/aromatic N) is 2. The summed E-state index contributed by atoms with van der Waals surface area (Å²) >= 11 is 0. The first-order valence-electron chi connectivity index (χ1n) is 10.2. The van der Waals surface area contributed by atoms with Crippen molar-refractivity contribution >= 4 is 11.8 Å². The average molecular weight is 356 g/mol. The van der Waals surface area contributed by atoms with Gasteiger partial charge >= 0.3 is 0 Å². The SMILES string of the molecule is O=C1CCC2(CCN(C(=O)C3CC34CCC4)CC2)CN1Cc1ccoc1. The molecule has 1 aromatic heterocycles. The van der Waals surface area contributed by atoms with Crippen molar-refractivity contribution in [3.63, 3.8) is 0 Å². The van der Waals surface area contributed by atoms with E-state index in [2.05, 4.69) is 4.90 Å². The van der Waals surface area contributed by atoms with Crippen molar-refractivity contribution in [1.29, 1.82) is 0 Å². The Bertz CT molecular complexity index is 699. The number of carbonyl (C=O) groups is 2. The van der Waals surface area contributed by atoms with Crippen LogP contribution in [0.5, 0.6) is 0 Å². The highest BCUT2D eigenvalue weighted by atomic mass is 16.3. The molecule has 3 heterocycles. The predicted molar refractivity (Wildman–Crippen MR) is 96.0 cm³/mol. The van der Waals surface area contributed by atoms with Crippen molar-refractivity contribution in [3.8, 4) is 0 Å². The highest BCUT2D eigenvalue weighted by Crippen LogP contribution is 2.66. The minimum absolute atomic E-state index is 0.201. The second-order valence-electron chi connectivity index (χ2n) is 9.18. The molecular weight excluding hydrogens is 328 g/mol.